The van der Waals surface area contributed by atoms with Crippen molar-refractivity contribution < 1.29 is 4.74 Å². The summed E-state index contributed by atoms with van der Waals surface area (Å²) in [6, 6.07) is 11.4. The van der Waals surface area contributed by atoms with E-state index in [1.165, 1.54) is 24.8 Å². The van der Waals surface area contributed by atoms with Crippen LogP contribution in [-0.4, -0.2) is 26.3 Å². The summed E-state index contributed by atoms with van der Waals surface area (Å²) in [5.41, 5.74) is 1.43. The Bertz CT molecular complexity index is 306. The van der Waals surface area contributed by atoms with Crippen molar-refractivity contribution in [1.29, 1.82) is 0 Å². The van der Waals surface area contributed by atoms with Crippen molar-refractivity contribution >= 4 is 0 Å². The van der Waals surface area contributed by atoms with Gasteiger partial charge >= 0.3 is 0 Å². The van der Waals surface area contributed by atoms with Crippen molar-refractivity contribution in [3.05, 3.63) is 35.9 Å². The summed E-state index contributed by atoms with van der Waals surface area (Å²) in [6.07, 6.45) is 4.86. The van der Waals surface area contributed by atoms with E-state index in [0.717, 1.165) is 25.6 Å². The Kier molecular flexibility index (Phi) is 5.02. The molecule has 1 aromatic rings. The molecule has 1 fully saturated rings. The molecule has 0 amide bonds. The Morgan fingerprint density at radius 2 is 1.94 bits per heavy atom. The number of hydrogen-bond donors (Lipinski definition) is 1. The average molecular weight is 233 g/mol. The van der Waals surface area contributed by atoms with Crippen molar-refractivity contribution in [2.45, 2.75) is 31.7 Å². The fraction of sp³-hybridized carbons (Fsp3) is 0.600. The van der Waals surface area contributed by atoms with E-state index < -0.39 is 0 Å². The van der Waals surface area contributed by atoms with Crippen LogP contribution in [0.1, 0.15) is 24.8 Å². The number of rotatable bonds is 5. The first-order chi connectivity index (χ1) is 8.38. The molecule has 0 aromatic heterocycles. The predicted molar refractivity (Wildman–Crippen MR) is 71.2 cm³/mol. The molecule has 2 rings (SSSR count). The number of benzene rings is 1. The lowest BCUT2D eigenvalue weighted by molar-refractivity contribution is 0.0608. The minimum atomic E-state index is 0.598. The molecule has 1 aliphatic rings. The monoisotopic (exact) mass is 233 g/mol. The van der Waals surface area contributed by atoms with E-state index >= 15 is 0 Å². The van der Waals surface area contributed by atoms with Crippen LogP contribution in [0.5, 0.6) is 0 Å². The van der Waals surface area contributed by atoms with Gasteiger partial charge in [-0.3, -0.25) is 0 Å². The predicted octanol–water partition coefficient (Wildman–Crippen LogP) is 2.63. The topological polar surface area (TPSA) is 21.3 Å². The molecule has 0 spiro atoms. The van der Waals surface area contributed by atoms with Crippen molar-refractivity contribution in [2.75, 3.05) is 20.3 Å². The molecular formula is C15H23NO. The van der Waals surface area contributed by atoms with Crippen LogP contribution in [0.15, 0.2) is 30.3 Å². The first-order valence-electron chi connectivity index (χ1n) is 6.67. The van der Waals surface area contributed by atoms with Crippen LogP contribution in [0.3, 0.4) is 0 Å². The van der Waals surface area contributed by atoms with Gasteiger partial charge in [-0.15, -0.1) is 0 Å². The molecule has 1 aliphatic heterocycles. The van der Waals surface area contributed by atoms with E-state index in [-0.39, 0.29) is 0 Å². The molecule has 0 bridgehead atoms. The lowest BCUT2D eigenvalue weighted by atomic mass is 9.90. The first kappa shape index (κ1) is 12.6. The minimum Gasteiger partial charge on any atom is -0.381 e. The second-order valence-electron chi connectivity index (χ2n) is 4.97. The van der Waals surface area contributed by atoms with Crippen molar-refractivity contribution in [3.8, 4) is 0 Å². The molecule has 1 heterocycles. The first-order valence-corrected chi connectivity index (χ1v) is 6.67. The van der Waals surface area contributed by atoms with Gasteiger partial charge < -0.3 is 10.1 Å². The highest BCUT2D eigenvalue weighted by molar-refractivity contribution is 5.15. The van der Waals surface area contributed by atoms with Gasteiger partial charge in [-0.1, -0.05) is 30.3 Å². The molecule has 17 heavy (non-hydrogen) atoms. The van der Waals surface area contributed by atoms with Gasteiger partial charge in [-0.25, -0.2) is 0 Å². The quantitative estimate of drug-likeness (QED) is 0.844. The number of hydrogen-bond acceptors (Lipinski definition) is 2. The molecule has 1 atom stereocenters. The molecule has 0 saturated carbocycles. The zero-order valence-corrected chi connectivity index (χ0v) is 10.7. The van der Waals surface area contributed by atoms with Crippen LogP contribution in [0, 0.1) is 5.92 Å². The molecule has 1 unspecified atom stereocenters. The third kappa shape index (κ3) is 4.14. The smallest absolute Gasteiger partial charge is 0.0468 e. The largest absolute Gasteiger partial charge is 0.381 e. The van der Waals surface area contributed by atoms with Crippen LogP contribution in [0.4, 0.5) is 0 Å². The Labute approximate surface area is 104 Å². The van der Waals surface area contributed by atoms with Gasteiger partial charge in [-0.05, 0) is 44.2 Å². The van der Waals surface area contributed by atoms with Gasteiger partial charge in [0.15, 0.2) is 0 Å². The summed E-state index contributed by atoms with van der Waals surface area (Å²) in [4.78, 5) is 0. The van der Waals surface area contributed by atoms with Crippen LogP contribution < -0.4 is 5.32 Å². The second kappa shape index (κ2) is 6.77. The molecule has 0 aliphatic carbocycles. The Hall–Kier alpha value is -0.860. The van der Waals surface area contributed by atoms with Gasteiger partial charge in [0.2, 0.25) is 0 Å². The number of nitrogens with one attached hydrogen (secondary N) is 1. The normalized spacial score (nSPS) is 19.1. The fourth-order valence-electron chi connectivity index (χ4n) is 2.59. The maximum Gasteiger partial charge on any atom is 0.0468 e. The molecule has 1 N–H and O–H groups in total. The van der Waals surface area contributed by atoms with Gasteiger partial charge in [0.05, 0.1) is 0 Å². The summed E-state index contributed by atoms with van der Waals surface area (Å²) in [5, 5.41) is 3.46. The molecule has 2 nitrogen and oxygen atoms in total. The summed E-state index contributed by atoms with van der Waals surface area (Å²) < 4.78 is 5.41. The van der Waals surface area contributed by atoms with Crippen molar-refractivity contribution in [2.24, 2.45) is 5.92 Å². The van der Waals surface area contributed by atoms with E-state index in [1.54, 1.807) is 0 Å². The summed E-state index contributed by atoms with van der Waals surface area (Å²) in [5.74, 6) is 0.838. The van der Waals surface area contributed by atoms with Crippen molar-refractivity contribution in [3.63, 3.8) is 0 Å². The number of ether oxygens (including phenoxy) is 1. The zero-order chi connectivity index (χ0) is 11.9. The number of likely N-dealkylation sites (N-methyl/N-ethyl adjacent to an activating group) is 1. The van der Waals surface area contributed by atoms with Crippen LogP contribution in [0.2, 0.25) is 0 Å². The molecular weight excluding hydrogens is 210 g/mol. The highest BCUT2D eigenvalue weighted by Crippen LogP contribution is 2.21. The second-order valence-corrected chi connectivity index (χ2v) is 4.97. The minimum absolute atomic E-state index is 0.598. The van der Waals surface area contributed by atoms with E-state index in [9.17, 15) is 0 Å². The van der Waals surface area contributed by atoms with Gasteiger partial charge in [0, 0.05) is 19.3 Å². The van der Waals surface area contributed by atoms with Crippen LogP contribution >= 0.6 is 0 Å². The Morgan fingerprint density at radius 3 is 2.59 bits per heavy atom. The fourth-order valence-corrected chi connectivity index (χ4v) is 2.59. The van der Waals surface area contributed by atoms with E-state index in [1.807, 2.05) is 0 Å². The molecule has 2 heteroatoms. The summed E-state index contributed by atoms with van der Waals surface area (Å²) >= 11 is 0. The maximum atomic E-state index is 5.41. The van der Waals surface area contributed by atoms with E-state index in [4.69, 9.17) is 4.74 Å². The Morgan fingerprint density at radius 1 is 1.24 bits per heavy atom. The molecule has 0 radical (unpaired) electrons. The van der Waals surface area contributed by atoms with E-state index in [0.29, 0.717) is 6.04 Å². The molecule has 94 valence electrons. The van der Waals surface area contributed by atoms with Crippen LogP contribution in [0.25, 0.3) is 0 Å². The molecule has 1 aromatic carbocycles. The SMILES string of the molecule is CNC(Cc1ccccc1)CC1CCOCC1. The lowest BCUT2D eigenvalue weighted by Crippen LogP contribution is -2.31. The highest BCUT2D eigenvalue weighted by atomic mass is 16.5. The summed E-state index contributed by atoms with van der Waals surface area (Å²) in [6.45, 7) is 1.90. The standard InChI is InChI=1S/C15H23NO/c1-16-15(11-13-5-3-2-4-6-13)12-14-7-9-17-10-8-14/h2-6,14-16H,7-12H2,1H3. The third-order valence-corrected chi connectivity index (χ3v) is 3.69. The maximum absolute atomic E-state index is 5.41. The highest BCUT2D eigenvalue weighted by Gasteiger charge is 2.18. The van der Waals surface area contributed by atoms with E-state index in [2.05, 4.69) is 42.7 Å². The molecule has 1 saturated heterocycles. The van der Waals surface area contributed by atoms with Gasteiger partial charge in [0.1, 0.15) is 0 Å². The lowest BCUT2D eigenvalue weighted by Gasteiger charge is -2.26. The zero-order valence-electron chi connectivity index (χ0n) is 10.7. The van der Waals surface area contributed by atoms with Crippen molar-refractivity contribution in [1.82, 2.24) is 5.32 Å². The average Bonchev–Trinajstić information content (AvgIpc) is 2.40. The van der Waals surface area contributed by atoms with Crippen LogP contribution in [-0.2, 0) is 11.2 Å². The Balaban J connectivity index is 1.83. The third-order valence-electron chi connectivity index (χ3n) is 3.69. The van der Waals surface area contributed by atoms with Gasteiger partial charge in [0.25, 0.3) is 0 Å². The van der Waals surface area contributed by atoms with Gasteiger partial charge in [-0.2, -0.15) is 0 Å². The summed E-state index contributed by atoms with van der Waals surface area (Å²) in [7, 11) is 2.08.